The van der Waals surface area contributed by atoms with Crippen molar-refractivity contribution < 1.29 is 9.53 Å². The van der Waals surface area contributed by atoms with Crippen LogP contribution in [0.4, 0.5) is 11.4 Å². The summed E-state index contributed by atoms with van der Waals surface area (Å²) in [7, 11) is 1.53. The van der Waals surface area contributed by atoms with E-state index in [2.05, 4.69) is 48.2 Å². The maximum Gasteiger partial charge on any atom is 0.249 e. The number of halogens is 2. The molecule has 1 heterocycles. The SMILES string of the molecule is COc1cc(C(=CCBr)C(N)=O)cc2c(Nc3cccc(Br)c3)c(C#N)cnc12. The van der Waals surface area contributed by atoms with Crippen molar-refractivity contribution in [2.45, 2.75) is 0 Å². The minimum Gasteiger partial charge on any atom is -0.494 e. The van der Waals surface area contributed by atoms with Crippen LogP contribution in [0, 0.1) is 11.3 Å². The average Bonchev–Trinajstić information content (AvgIpc) is 2.71. The molecule has 8 heteroatoms. The number of alkyl halides is 1. The van der Waals surface area contributed by atoms with Crippen molar-refractivity contribution >= 4 is 65.6 Å². The lowest BCUT2D eigenvalue weighted by Crippen LogP contribution is -2.13. The zero-order chi connectivity index (χ0) is 21.0. The van der Waals surface area contributed by atoms with Gasteiger partial charge in [0.05, 0.1) is 18.4 Å². The molecule has 0 fully saturated rings. The summed E-state index contributed by atoms with van der Waals surface area (Å²) < 4.78 is 6.40. The first-order valence-corrected chi connectivity index (χ1v) is 10.4. The number of carbonyl (C=O) groups is 1. The molecule has 29 heavy (non-hydrogen) atoms. The third-order valence-electron chi connectivity index (χ3n) is 4.23. The minimum absolute atomic E-state index is 0.345. The summed E-state index contributed by atoms with van der Waals surface area (Å²) in [5.41, 5.74) is 8.78. The molecule has 2 aromatic carbocycles. The number of benzene rings is 2. The molecule has 3 aromatic rings. The van der Waals surface area contributed by atoms with Crippen molar-refractivity contribution in [2.75, 3.05) is 17.8 Å². The van der Waals surface area contributed by atoms with Crippen LogP contribution in [-0.2, 0) is 4.79 Å². The van der Waals surface area contributed by atoms with Gasteiger partial charge in [-0.25, -0.2) is 0 Å². The first kappa shape index (κ1) is 20.8. The summed E-state index contributed by atoms with van der Waals surface area (Å²) in [6, 6.07) is 13.2. The number of ether oxygens (including phenoxy) is 1. The third-order valence-corrected chi connectivity index (χ3v) is 5.05. The number of pyridine rings is 1. The fourth-order valence-corrected chi connectivity index (χ4v) is 3.67. The van der Waals surface area contributed by atoms with Gasteiger partial charge >= 0.3 is 0 Å². The number of anilines is 2. The zero-order valence-electron chi connectivity index (χ0n) is 15.4. The van der Waals surface area contributed by atoms with Crippen LogP contribution in [0.2, 0.25) is 0 Å². The number of hydrogen-bond acceptors (Lipinski definition) is 5. The second-order valence-corrected chi connectivity index (χ2v) is 7.57. The number of amides is 1. The van der Waals surface area contributed by atoms with E-state index in [-0.39, 0.29) is 0 Å². The summed E-state index contributed by atoms with van der Waals surface area (Å²) in [6.07, 6.45) is 3.18. The van der Waals surface area contributed by atoms with Gasteiger partial charge in [-0.15, -0.1) is 0 Å². The number of rotatable bonds is 6. The van der Waals surface area contributed by atoms with Crippen LogP contribution < -0.4 is 15.8 Å². The van der Waals surface area contributed by atoms with E-state index in [1.165, 1.54) is 13.3 Å². The highest BCUT2D eigenvalue weighted by atomic mass is 79.9. The van der Waals surface area contributed by atoms with Crippen LogP contribution in [-0.4, -0.2) is 23.3 Å². The first-order chi connectivity index (χ1) is 14.0. The minimum atomic E-state index is -0.559. The van der Waals surface area contributed by atoms with Gasteiger partial charge in [0.1, 0.15) is 17.3 Å². The van der Waals surface area contributed by atoms with E-state index < -0.39 is 5.91 Å². The maximum atomic E-state index is 12.0. The number of aromatic nitrogens is 1. The molecule has 0 aliphatic rings. The van der Waals surface area contributed by atoms with Gasteiger partial charge in [0.15, 0.2) is 0 Å². The molecule has 0 aliphatic heterocycles. The number of fused-ring (bicyclic) bond motifs is 1. The molecule has 0 aliphatic carbocycles. The summed E-state index contributed by atoms with van der Waals surface area (Å²) in [5, 5.41) is 14.0. The highest BCUT2D eigenvalue weighted by Gasteiger charge is 2.17. The number of hydrogen-bond donors (Lipinski definition) is 2. The lowest BCUT2D eigenvalue weighted by molar-refractivity contribution is -0.112. The lowest BCUT2D eigenvalue weighted by atomic mass is 10.00. The van der Waals surface area contributed by atoms with Crippen molar-refractivity contribution in [1.82, 2.24) is 4.98 Å². The lowest BCUT2D eigenvalue weighted by Gasteiger charge is -2.15. The van der Waals surface area contributed by atoms with Crippen LogP contribution in [0.15, 0.2) is 53.1 Å². The number of nitrogens with one attached hydrogen (secondary N) is 1. The number of allylic oxidation sites excluding steroid dienone is 1. The van der Waals surface area contributed by atoms with Gasteiger partial charge in [0.25, 0.3) is 0 Å². The van der Waals surface area contributed by atoms with Crippen LogP contribution in [0.1, 0.15) is 11.1 Å². The Hall–Kier alpha value is -2.89. The summed E-state index contributed by atoms with van der Waals surface area (Å²) in [6.45, 7) is 0. The summed E-state index contributed by atoms with van der Waals surface area (Å²) in [5.74, 6) is -0.0854. The van der Waals surface area contributed by atoms with Crippen molar-refractivity contribution in [3.8, 4) is 11.8 Å². The number of nitriles is 1. The molecule has 0 saturated carbocycles. The molecule has 0 atom stereocenters. The standard InChI is InChI=1S/C21H16Br2N4O2/c1-29-18-8-12(16(5-6-22)21(25)28)7-17-19(13(10-24)11-26-20(17)18)27-15-4-2-3-14(23)9-15/h2-5,7-9,11H,6H2,1H3,(H2,25,28)(H,26,27). The summed E-state index contributed by atoms with van der Waals surface area (Å²) in [4.78, 5) is 16.4. The molecular weight excluding hydrogens is 500 g/mol. The van der Waals surface area contributed by atoms with E-state index in [0.717, 1.165) is 10.2 Å². The first-order valence-electron chi connectivity index (χ1n) is 8.48. The van der Waals surface area contributed by atoms with Gasteiger partial charge in [-0.1, -0.05) is 44.0 Å². The van der Waals surface area contributed by atoms with Crippen molar-refractivity contribution in [3.05, 3.63) is 64.3 Å². The van der Waals surface area contributed by atoms with E-state index in [1.807, 2.05) is 24.3 Å². The van der Waals surface area contributed by atoms with Crippen molar-refractivity contribution in [3.63, 3.8) is 0 Å². The Labute approximate surface area is 184 Å². The second kappa shape index (κ2) is 9.07. The van der Waals surface area contributed by atoms with E-state index in [9.17, 15) is 10.1 Å². The van der Waals surface area contributed by atoms with Crippen LogP contribution in [0.3, 0.4) is 0 Å². The van der Waals surface area contributed by atoms with Crippen molar-refractivity contribution in [1.29, 1.82) is 5.26 Å². The predicted molar refractivity (Wildman–Crippen MR) is 121 cm³/mol. The fraction of sp³-hybridized carbons (Fsp3) is 0.0952. The highest BCUT2D eigenvalue weighted by molar-refractivity contribution is 9.10. The van der Waals surface area contributed by atoms with Crippen LogP contribution in [0.25, 0.3) is 16.5 Å². The number of nitrogens with two attached hydrogens (primary N) is 1. The Morgan fingerprint density at radius 1 is 1.38 bits per heavy atom. The van der Waals surface area contributed by atoms with Gasteiger partial charge in [-0.05, 0) is 35.9 Å². The van der Waals surface area contributed by atoms with E-state index in [4.69, 9.17) is 10.5 Å². The Morgan fingerprint density at radius 2 is 2.17 bits per heavy atom. The molecule has 0 bridgehead atoms. The Kier molecular flexibility index (Phi) is 6.52. The van der Waals surface area contributed by atoms with Gasteiger partial charge in [0, 0.05) is 32.6 Å². The fourth-order valence-electron chi connectivity index (χ4n) is 2.95. The Morgan fingerprint density at radius 3 is 2.79 bits per heavy atom. The molecule has 0 saturated heterocycles. The molecule has 1 aromatic heterocycles. The van der Waals surface area contributed by atoms with E-state index in [1.54, 1.807) is 18.2 Å². The number of carbonyl (C=O) groups excluding carboxylic acids is 1. The molecule has 3 N–H and O–H groups in total. The van der Waals surface area contributed by atoms with Gasteiger partial charge < -0.3 is 15.8 Å². The van der Waals surface area contributed by atoms with Crippen molar-refractivity contribution in [2.24, 2.45) is 5.73 Å². The van der Waals surface area contributed by atoms with Gasteiger partial charge in [-0.2, -0.15) is 5.26 Å². The molecule has 3 rings (SSSR count). The van der Waals surface area contributed by atoms with Gasteiger partial charge in [-0.3, -0.25) is 9.78 Å². The monoisotopic (exact) mass is 514 g/mol. The largest absolute Gasteiger partial charge is 0.494 e. The Bertz CT molecular complexity index is 1170. The Balaban J connectivity index is 2.31. The highest BCUT2D eigenvalue weighted by Crippen LogP contribution is 2.36. The zero-order valence-corrected chi connectivity index (χ0v) is 18.5. The van der Waals surface area contributed by atoms with Crippen LogP contribution in [0.5, 0.6) is 5.75 Å². The smallest absolute Gasteiger partial charge is 0.249 e. The molecular formula is C21H16Br2N4O2. The molecule has 0 unspecified atom stereocenters. The topological polar surface area (TPSA) is 101 Å². The normalized spacial score (nSPS) is 11.2. The molecule has 146 valence electrons. The summed E-state index contributed by atoms with van der Waals surface area (Å²) >= 11 is 6.75. The van der Waals surface area contributed by atoms with Gasteiger partial charge in [0.2, 0.25) is 5.91 Å². The number of nitrogens with zero attached hydrogens (tertiary/aromatic N) is 2. The quantitative estimate of drug-likeness (QED) is 0.359. The number of primary amides is 1. The predicted octanol–water partition coefficient (Wildman–Crippen LogP) is 4.88. The molecule has 6 nitrogen and oxygen atoms in total. The molecule has 1 amide bonds. The number of methoxy groups -OCH3 is 1. The maximum absolute atomic E-state index is 12.0. The molecule has 0 spiro atoms. The average molecular weight is 516 g/mol. The third kappa shape index (κ3) is 4.42. The van der Waals surface area contributed by atoms with E-state index in [0.29, 0.717) is 44.4 Å². The van der Waals surface area contributed by atoms with Crippen LogP contribution >= 0.6 is 31.9 Å². The second-order valence-electron chi connectivity index (χ2n) is 6.01. The van der Waals surface area contributed by atoms with E-state index >= 15 is 0 Å². The molecule has 0 radical (unpaired) electrons.